The Labute approximate surface area is 369 Å². The second-order valence-electron chi connectivity index (χ2n) is 15.8. The summed E-state index contributed by atoms with van der Waals surface area (Å²) in [4.78, 5) is 15.1. The van der Waals surface area contributed by atoms with E-state index in [0.29, 0.717) is 34.5 Å². The van der Waals surface area contributed by atoms with Gasteiger partial charge < -0.3 is 36.6 Å². The lowest BCUT2D eigenvalue weighted by Gasteiger charge is -2.24. The molecule has 9 nitrogen and oxygen atoms in total. The Bertz CT molecular complexity index is 2160. The third kappa shape index (κ3) is 11.4. The number of carbonyl (C=O) groups excluding carboxylic acids is 1. The van der Waals surface area contributed by atoms with Gasteiger partial charge in [0.25, 0.3) is 0 Å². The van der Waals surface area contributed by atoms with Crippen LogP contribution in [0.25, 0.3) is 0 Å². The molecule has 0 saturated heterocycles. The van der Waals surface area contributed by atoms with Gasteiger partial charge in [-0.15, -0.1) is 0 Å². The summed E-state index contributed by atoms with van der Waals surface area (Å²) in [5, 5.41) is 0. The van der Waals surface area contributed by atoms with Crippen LogP contribution in [0.1, 0.15) is 117 Å². The quantitative estimate of drug-likeness (QED) is 0.0549. The van der Waals surface area contributed by atoms with E-state index in [2.05, 4.69) is 55.4 Å². The maximum atomic E-state index is 15.1. The molecule has 6 aromatic rings. The van der Waals surface area contributed by atoms with Crippen LogP contribution in [0.3, 0.4) is 0 Å². The van der Waals surface area contributed by atoms with E-state index in [9.17, 15) is 0 Å². The number of ether oxygens (including phenoxy) is 2. The zero-order valence-corrected chi connectivity index (χ0v) is 38.9. The zero-order valence-electron chi connectivity index (χ0n) is 37.1. The van der Waals surface area contributed by atoms with Gasteiger partial charge in [0.1, 0.15) is 46.0 Å². The summed E-state index contributed by atoms with van der Waals surface area (Å²) in [6, 6.07) is 41.3. The van der Waals surface area contributed by atoms with Crippen LogP contribution in [-0.4, -0.2) is 20.0 Å². The van der Waals surface area contributed by atoms with Crippen LogP contribution in [0.15, 0.2) is 133 Å². The van der Waals surface area contributed by atoms with Gasteiger partial charge in [-0.3, -0.25) is 4.79 Å². The van der Waals surface area contributed by atoms with E-state index < -0.39 is 23.0 Å². The first-order chi connectivity index (χ1) is 29.9. The van der Waals surface area contributed by atoms with Gasteiger partial charge in [0.2, 0.25) is 5.78 Å². The molecule has 6 aromatic carbocycles. The van der Waals surface area contributed by atoms with Crippen molar-refractivity contribution in [2.75, 3.05) is 14.2 Å². The highest BCUT2D eigenvalue weighted by Gasteiger charge is 2.31. The lowest BCUT2D eigenvalue weighted by atomic mass is 10.0. The number of hydrogen-bond donors (Lipinski definition) is 0. The minimum absolute atomic E-state index is 0.157. The topological polar surface area (TPSA) is 90.9 Å². The Hall–Kier alpha value is -5.75. The highest BCUT2D eigenvalue weighted by Crippen LogP contribution is 2.50. The average Bonchev–Trinajstić information content (AvgIpc) is 3.26. The van der Waals surface area contributed by atoms with Gasteiger partial charge in [0.15, 0.2) is 0 Å². The maximum absolute atomic E-state index is 15.1. The van der Waals surface area contributed by atoms with Crippen molar-refractivity contribution in [3.63, 3.8) is 0 Å². The summed E-state index contributed by atoms with van der Waals surface area (Å²) >= 11 is 0. The number of carbonyl (C=O) groups is 1. The zero-order chi connectivity index (χ0) is 44.3. The smallest absolute Gasteiger partial charge is 0.497 e. The SMILES string of the molecule is COc1ccc(C(=O)c2ccc(OC)cc2OP(Oc2ccccc2C(C)C)Oc2ccccc2C(C)C)c(OP(Oc2ccccc2C(C)C)Oc2ccccc2C(C)C)c1. The van der Waals surface area contributed by atoms with Gasteiger partial charge >= 0.3 is 17.2 Å². The maximum Gasteiger partial charge on any atom is 0.530 e. The molecule has 0 radical (unpaired) electrons. The Kier molecular flexibility index (Phi) is 15.8. The third-order valence-corrected chi connectivity index (χ3v) is 12.1. The van der Waals surface area contributed by atoms with Crippen LogP contribution in [0.4, 0.5) is 0 Å². The summed E-state index contributed by atoms with van der Waals surface area (Å²) in [5.41, 5.74) is 4.38. The highest BCUT2D eigenvalue weighted by atomic mass is 31.2. The van der Waals surface area contributed by atoms with E-state index in [1.54, 1.807) is 50.6 Å². The molecule has 0 aliphatic rings. The Morgan fingerprint density at radius 2 is 0.629 bits per heavy atom. The Morgan fingerprint density at radius 1 is 0.371 bits per heavy atom. The fourth-order valence-electron chi connectivity index (χ4n) is 6.69. The predicted molar refractivity (Wildman–Crippen MR) is 249 cm³/mol. The monoisotopic (exact) mass is 874 g/mol. The molecule has 0 fully saturated rings. The summed E-state index contributed by atoms with van der Waals surface area (Å²) in [7, 11) is -1.28. The van der Waals surface area contributed by atoms with Crippen LogP contribution >= 0.6 is 17.2 Å². The largest absolute Gasteiger partial charge is 0.530 e. The van der Waals surface area contributed by atoms with Crippen molar-refractivity contribution in [3.8, 4) is 46.0 Å². The van der Waals surface area contributed by atoms with Crippen molar-refractivity contribution in [1.82, 2.24) is 0 Å². The molecule has 0 atom stereocenters. The van der Waals surface area contributed by atoms with Gasteiger partial charge in [0.05, 0.1) is 25.3 Å². The summed E-state index contributed by atoms with van der Waals surface area (Å²) < 4.78 is 51.3. The number of hydrogen-bond acceptors (Lipinski definition) is 9. The normalized spacial score (nSPS) is 11.4. The molecule has 0 aliphatic heterocycles. The van der Waals surface area contributed by atoms with Crippen LogP contribution in [-0.2, 0) is 0 Å². The van der Waals surface area contributed by atoms with Crippen LogP contribution in [0, 0.1) is 0 Å². The molecule has 0 saturated carbocycles. The fraction of sp³-hybridized carbons (Fsp3) is 0.275. The first kappa shape index (κ1) is 45.8. The van der Waals surface area contributed by atoms with Gasteiger partial charge in [-0.2, -0.15) is 0 Å². The van der Waals surface area contributed by atoms with Gasteiger partial charge in [0, 0.05) is 12.1 Å². The van der Waals surface area contributed by atoms with Crippen molar-refractivity contribution < 1.29 is 41.4 Å². The molecule has 0 aliphatic carbocycles. The molecule has 324 valence electrons. The van der Waals surface area contributed by atoms with Crippen molar-refractivity contribution in [2.24, 2.45) is 0 Å². The number of methoxy groups -OCH3 is 2. The molecule has 0 aromatic heterocycles. The molecule has 0 unspecified atom stereocenters. The van der Waals surface area contributed by atoms with Gasteiger partial charge in [-0.1, -0.05) is 128 Å². The van der Waals surface area contributed by atoms with E-state index in [0.717, 1.165) is 22.3 Å². The van der Waals surface area contributed by atoms with Crippen LogP contribution < -0.4 is 36.6 Å². The van der Waals surface area contributed by atoms with E-state index in [-0.39, 0.29) is 46.3 Å². The third-order valence-electron chi connectivity index (χ3n) is 10.1. The first-order valence-corrected chi connectivity index (χ1v) is 23.0. The van der Waals surface area contributed by atoms with E-state index >= 15 is 4.79 Å². The van der Waals surface area contributed by atoms with Gasteiger partial charge in [-0.05, 0) is 94.5 Å². The molecule has 11 heteroatoms. The number of ketones is 1. The number of rotatable bonds is 20. The number of benzene rings is 6. The van der Waals surface area contributed by atoms with Crippen LogP contribution in [0.2, 0.25) is 0 Å². The minimum atomic E-state index is -2.20. The molecular formula is C51H56O9P2. The van der Waals surface area contributed by atoms with Crippen molar-refractivity contribution in [2.45, 2.75) is 79.1 Å². The molecule has 0 spiro atoms. The molecule has 0 amide bonds. The molecule has 0 bridgehead atoms. The van der Waals surface area contributed by atoms with E-state index in [1.165, 1.54) is 0 Å². The lowest BCUT2D eigenvalue weighted by Crippen LogP contribution is -2.11. The summed E-state index contributed by atoms with van der Waals surface area (Å²) in [6.07, 6.45) is 0. The Balaban J connectivity index is 1.43. The summed E-state index contributed by atoms with van der Waals surface area (Å²) in [6.45, 7) is 16.8. The summed E-state index contributed by atoms with van der Waals surface area (Å²) in [5.74, 6) is 4.01. The molecular weight excluding hydrogens is 818 g/mol. The average molecular weight is 875 g/mol. The minimum Gasteiger partial charge on any atom is -0.497 e. The number of para-hydroxylation sites is 4. The first-order valence-electron chi connectivity index (χ1n) is 20.8. The second kappa shape index (κ2) is 21.4. The molecule has 62 heavy (non-hydrogen) atoms. The standard InChI is InChI=1S/C51H56O9P2/c1-33(2)39-19-11-15-23-45(39)55-61(56-46-24-16-12-20-40(46)34(3)4)59-49-31-37(53-9)27-29-43(49)51(52)44-30-28-38(54-10)32-50(44)60-62(57-47-25-17-13-21-41(47)35(5)6)58-48-26-18-14-22-42(48)36(7)8/h11-36H,1-10H3. The second-order valence-corrected chi connectivity index (χ2v) is 17.8. The van der Waals surface area contributed by atoms with E-state index in [1.807, 2.05) is 97.1 Å². The van der Waals surface area contributed by atoms with Crippen molar-refractivity contribution >= 4 is 23.0 Å². The van der Waals surface area contributed by atoms with Crippen molar-refractivity contribution in [3.05, 3.63) is 167 Å². The van der Waals surface area contributed by atoms with Gasteiger partial charge in [-0.25, -0.2) is 0 Å². The van der Waals surface area contributed by atoms with Crippen LogP contribution in [0.5, 0.6) is 46.0 Å². The predicted octanol–water partition coefficient (Wildman–Crippen LogP) is 15.0. The van der Waals surface area contributed by atoms with Crippen molar-refractivity contribution in [1.29, 1.82) is 0 Å². The lowest BCUT2D eigenvalue weighted by molar-refractivity contribution is 0.103. The Morgan fingerprint density at radius 3 is 0.887 bits per heavy atom. The fourth-order valence-corrected chi connectivity index (χ4v) is 8.84. The molecule has 0 N–H and O–H groups in total. The molecule has 0 heterocycles. The molecule has 6 rings (SSSR count). The van der Waals surface area contributed by atoms with E-state index in [4.69, 9.17) is 36.6 Å². The highest BCUT2D eigenvalue weighted by molar-refractivity contribution is 7.43.